The van der Waals surface area contributed by atoms with Crippen LogP contribution in [0.1, 0.15) is 31.7 Å². The number of pyridine rings is 1. The van der Waals surface area contributed by atoms with E-state index >= 15 is 0 Å². The van der Waals surface area contributed by atoms with Crippen molar-refractivity contribution in [2.75, 3.05) is 35.3 Å². The van der Waals surface area contributed by atoms with Crippen LogP contribution in [-0.2, 0) is 4.74 Å². The number of urea groups is 1. The molecule has 0 atom stereocenters. The van der Waals surface area contributed by atoms with E-state index in [4.69, 9.17) is 21.4 Å². The number of para-hydroxylation sites is 1. The van der Waals surface area contributed by atoms with Gasteiger partial charge in [-0.3, -0.25) is 0 Å². The SMILES string of the molecule is CCCN(c1cc(NC(=O)Nc2ccccc2F)cc(-c2ccccc2/C(=N/N)NN)n1)C1CCOCC1. The number of carbonyl (C=O) groups excluding carboxylic acids is 1. The Balaban J connectivity index is 1.76. The normalized spacial score (nSPS) is 14.1. The highest BCUT2D eigenvalue weighted by Crippen LogP contribution is 2.31. The molecule has 3 aromatic rings. The standard InChI is InChI=1S/C27H33FN8O2/c1-2-13-36(19-11-14-38-15-12-19)25-17-18(31-27(37)33-23-10-6-5-9-22(23)28)16-24(32-25)20-7-3-4-8-21(20)26(34-29)35-30/h3-10,16-17,19H,2,11-15,29-30H2,1H3,(H,34,35)(H2,31,32,33,37). The number of hydrazine groups is 1. The maximum atomic E-state index is 14.1. The van der Waals surface area contributed by atoms with Crippen LogP contribution in [0, 0.1) is 5.82 Å². The van der Waals surface area contributed by atoms with Crippen LogP contribution >= 0.6 is 0 Å². The van der Waals surface area contributed by atoms with Crippen molar-refractivity contribution >= 4 is 29.1 Å². The van der Waals surface area contributed by atoms with E-state index < -0.39 is 11.8 Å². The number of hydrogen-bond acceptors (Lipinski definition) is 7. The fourth-order valence-electron chi connectivity index (χ4n) is 4.54. The summed E-state index contributed by atoms with van der Waals surface area (Å²) < 4.78 is 19.7. The lowest BCUT2D eigenvalue weighted by Gasteiger charge is -2.35. The zero-order valence-corrected chi connectivity index (χ0v) is 21.3. The molecular weight excluding hydrogens is 487 g/mol. The average molecular weight is 521 g/mol. The van der Waals surface area contributed by atoms with Crippen molar-refractivity contribution in [1.29, 1.82) is 0 Å². The van der Waals surface area contributed by atoms with Crippen molar-refractivity contribution in [2.24, 2.45) is 16.8 Å². The van der Waals surface area contributed by atoms with Gasteiger partial charge in [0.2, 0.25) is 0 Å². The number of halogens is 1. The highest BCUT2D eigenvalue weighted by molar-refractivity contribution is 6.04. The van der Waals surface area contributed by atoms with Gasteiger partial charge < -0.3 is 31.5 Å². The van der Waals surface area contributed by atoms with E-state index in [1.165, 1.54) is 12.1 Å². The van der Waals surface area contributed by atoms with Gasteiger partial charge in [0, 0.05) is 48.7 Å². The third-order valence-corrected chi connectivity index (χ3v) is 6.31. The van der Waals surface area contributed by atoms with Crippen molar-refractivity contribution in [2.45, 2.75) is 32.2 Å². The van der Waals surface area contributed by atoms with Gasteiger partial charge in [-0.25, -0.2) is 20.0 Å². The van der Waals surface area contributed by atoms with Crippen LogP contribution in [0.5, 0.6) is 0 Å². The van der Waals surface area contributed by atoms with Gasteiger partial charge in [-0.15, -0.1) is 0 Å². The van der Waals surface area contributed by atoms with Crippen LogP contribution in [-0.4, -0.2) is 42.7 Å². The minimum absolute atomic E-state index is 0.0810. The molecule has 1 saturated heterocycles. The van der Waals surface area contributed by atoms with Crippen molar-refractivity contribution in [3.8, 4) is 11.3 Å². The average Bonchev–Trinajstić information content (AvgIpc) is 2.94. The molecule has 0 spiro atoms. The van der Waals surface area contributed by atoms with E-state index in [1.54, 1.807) is 18.2 Å². The van der Waals surface area contributed by atoms with E-state index in [0.29, 0.717) is 36.0 Å². The molecule has 0 aliphatic carbocycles. The molecule has 4 rings (SSSR count). The van der Waals surface area contributed by atoms with Crippen LogP contribution in [0.15, 0.2) is 65.8 Å². The third kappa shape index (κ3) is 6.36. The van der Waals surface area contributed by atoms with E-state index in [9.17, 15) is 9.18 Å². The maximum Gasteiger partial charge on any atom is 0.323 e. The summed E-state index contributed by atoms with van der Waals surface area (Å²) in [6, 6.07) is 16.7. The van der Waals surface area contributed by atoms with Crippen molar-refractivity contribution < 1.29 is 13.9 Å². The highest BCUT2D eigenvalue weighted by Gasteiger charge is 2.24. The highest BCUT2D eigenvalue weighted by atomic mass is 19.1. The summed E-state index contributed by atoms with van der Waals surface area (Å²) in [5, 5.41) is 9.17. The second kappa shape index (κ2) is 12.8. The predicted molar refractivity (Wildman–Crippen MR) is 148 cm³/mol. The van der Waals surface area contributed by atoms with E-state index in [2.05, 4.69) is 33.0 Å². The Labute approximate surface area is 221 Å². The van der Waals surface area contributed by atoms with Gasteiger partial charge in [-0.05, 0) is 37.5 Å². The number of amides is 2. The van der Waals surface area contributed by atoms with Crippen molar-refractivity contribution in [3.05, 3.63) is 72.0 Å². The Morgan fingerprint density at radius 2 is 1.87 bits per heavy atom. The molecule has 38 heavy (non-hydrogen) atoms. The van der Waals surface area contributed by atoms with Crippen LogP contribution < -0.4 is 32.6 Å². The first-order valence-electron chi connectivity index (χ1n) is 12.6. The van der Waals surface area contributed by atoms with E-state index in [-0.39, 0.29) is 17.6 Å². The lowest BCUT2D eigenvalue weighted by Crippen LogP contribution is -2.40. The first-order valence-corrected chi connectivity index (χ1v) is 12.6. The van der Waals surface area contributed by atoms with Crippen LogP contribution in [0.3, 0.4) is 0 Å². The number of hydrogen-bond donors (Lipinski definition) is 5. The molecule has 0 radical (unpaired) electrons. The van der Waals surface area contributed by atoms with Gasteiger partial charge in [-0.1, -0.05) is 43.3 Å². The summed E-state index contributed by atoms with van der Waals surface area (Å²) in [7, 11) is 0. The summed E-state index contributed by atoms with van der Waals surface area (Å²) in [4.78, 5) is 20.1. The number of benzene rings is 2. The molecule has 2 heterocycles. The molecule has 1 fully saturated rings. The molecule has 7 N–H and O–H groups in total. The number of anilines is 3. The van der Waals surface area contributed by atoms with Crippen LogP contribution in [0.4, 0.5) is 26.4 Å². The summed E-state index contributed by atoms with van der Waals surface area (Å²) in [6.45, 7) is 4.26. The van der Waals surface area contributed by atoms with Gasteiger partial charge in [0.15, 0.2) is 5.84 Å². The van der Waals surface area contributed by atoms with Crippen LogP contribution in [0.2, 0.25) is 0 Å². The summed E-state index contributed by atoms with van der Waals surface area (Å²) in [6.07, 6.45) is 2.66. The lowest BCUT2D eigenvalue weighted by atomic mass is 10.0. The minimum atomic E-state index is -0.576. The van der Waals surface area contributed by atoms with Gasteiger partial charge in [0.05, 0.1) is 11.4 Å². The van der Waals surface area contributed by atoms with Gasteiger partial charge >= 0.3 is 6.03 Å². The van der Waals surface area contributed by atoms with Crippen LogP contribution in [0.25, 0.3) is 11.3 Å². The van der Waals surface area contributed by atoms with Crippen molar-refractivity contribution in [1.82, 2.24) is 10.4 Å². The molecule has 0 bridgehead atoms. The first-order chi connectivity index (χ1) is 18.5. The van der Waals surface area contributed by atoms with E-state index in [1.807, 2.05) is 30.3 Å². The number of nitrogens with zero attached hydrogens (tertiary/aromatic N) is 3. The number of rotatable bonds is 8. The third-order valence-electron chi connectivity index (χ3n) is 6.31. The molecule has 10 nitrogen and oxygen atoms in total. The number of ether oxygens (including phenoxy) is 1. The molecular formula is C27H33FN8O2. The number of nitrogens with two attached hydrogens (primary N) is 2. The zero-order chi connectivity index (χ0) is 26.9. The predicted octanol–water partition coefficient (Wildman–Crippen LogP) is 4.01. The topological polar surface area (TPSA) is 143 Å². The molecule has 1 aromatic heterocycles. The largest absolute Gasteiger partial charge is 0.381 e. The summed E-state index contributed by atoms with van der Waals surface area (Å²) in [5.41, 5.74) is 5.06. The summed E-state index contributed by atoms with van der Waals surface area (Å²) >= 11 is 0. The van der Waals surface area contributed by atoms with E-state index in [0.717, 1.165) is 31.4 Å². The molecule has 200 valence electrons. The molecule has 11 heteroatoms. The van der Waals surface area contributed by atoms with Gasteiger partial charge in [0.25, 0.3) is 0 Å². The maximum absolute atomic E-state index is 14.1. The fraction of sp³-hybridized carbons (Fsp3) is 0.296. The molecule has 1 aliphatic rings. The minimum Gasteiger partial charge on any atom is -0.381 e. The summed E-state index contributed by atoms with van der Waals surface area (Å²) in [5.74, 6) is 11.7. The first kappa shape index (κ1) is 26.8. The Morgan fingerprint density at radius 1 is 1.13 bits per heavy atom. The smallest absolute Gasteiger partial charge is 0.323 e. The number of hydrazone groups is 1. The number of amidine groups is 1. The Hall–Kier alpha value is -4.22. The second-order valence-electron chi connectivity index (χ2n) is 8.86. The second-order valence-corrected chi connectivity index (χ2v) is 8.86. The number of aromatic nitrogens is 1. The molecule has 2 aromatic carbocycles. The van der Waals surface area contributed by atoms with Gasteiger partial charge in [0.1, 0.15) is 11.6 Å². The van der Waals surface area contributed by atoms with Crippen molar-refractivity contribution in [3.63, 3.8) is 0 Å². The monoisotopic (exact) mass is 520 g/mol. The Bertz CT molecular complexity index is 1280. The number of nitrogens with one attached hydrogen (secondary N) is 3. The number of carbonyl (C=O) groups is 1. The Morgan fingerprint density at radius 3 is 2.58 bits per heavy atom. The Kier molecular flexibility index (Phi) is 9.07. The quantitative estimate of drug-likeness (QED) is 0.131. The lowest BCUT2D eigenvalue weighted by molar-refractivity contribution is 0.0843. The molecule has 1 aliphatic heterocycles. The zero-order valence-electron chi connectivity index (χ0n) is 21.3. The molecule has 2 amide bonds. The molecule has 0 saturated carbocycles. The molecule has 0 unspecified atom stereocenters. The fourth-order valence-corrected chi connectivity index (χ4v) is 4.54. The van der Waals surface area contributed by atoms with Gasteiger partial charge in [-0.2, -0.15) is 5.10 Å².